The molecule has 6 nitrogen and oxygen atoms in total. The molecule has 0 spiro atoms. The van der Waals surface area contributed by atoms with Gasteiger partial charge >= 0.3 is 0 Å². The van der Waals surface area contributed by atoms with Crippen molar-refractivity contribution in [2.45, 2.75) is 32.4 Å². The van der Waals surface area contributed by atoms with Crippen LogP contribution in [-0.4, -0.2) is 46.9 Å². The van der Waals surface area contributed by atoms with E-state index in [2.05, 4.69) is 22.2 Å². The van der Waals surface area contributed by atoms with Crippen molar-refractivity contribution in [1.29, 1.82) is 0 Å². The summed E-state index contributed by atoms with van der Waals surface area (Å²) in [6, 6.07) is 7.18. The van der Waals surface area contributed by atoms with E-state index in [-0.39, 0.29) is 23.8 Å². The first kappa shape index (κ1) is 17.4. The average Bonchev–Trinajstić information content (AvgIpc) is 2.57. The zero-order valence-electron chi connectivity index (χ0n) is 14.4. The number of rotatable bonds is 5. The molecule has 0 radical (unpaired) electrons. The summed E-state index contributed by atoms with van der Waals surface area (Å²) in [5, 5.41) is 12.8. The summed E-state index contributed by atoms with van der Waals surface area (Å²) in [7, 11) is 0. The predicted octanol–water partition coefficient (Wildman–Crippen LogP) is 2.13. The number of nitrogens with one attached hydrogen (secondary N) is 1. The Morgan fingerprint density at radius 3 is 3.08 bits per heavy atom. The van der Waals surface area contributed by atoms with Crippen LogP contribution < -0.4 is 15.0 Å². The Labute approximate surface area is 146 Å². The van der Waals surface area contributed by atoms with Gasteiger partial charge in [0.05, 0.1) is 6.20 Å². The molecule has 0 saturated carbocycles. The molecule has 0 amide bonds. The molecule has 7 heteroatoms. The van der Waals surface area contributed by atoms with Crippen LogP contribution >= 0.6 is 0 Å². The molecular formula is C18H23FN4O2. The maximum Gasteiger partial charge on any atom is 0.255 e. The van der Waals surface area contributed by atoms with Crippen LogP contribution in [-0.2, 0) is 6.42 Å². The molecule has 0 unspecified atom stereocenters. The highest BCUT2D eigenvalue weighted by Gasteiger charge is 2.22. The Bertz CT molecular complexity index is 728. The summed E-state index contributed by atoms with van der Waals surface area (Å²) >= 11 is 0. The number of nitrogens with zero attached hydrogens (tertiary/aromatic N) is 3. The van der Waals surface area contributed by atoms with Crippen molar-refractivity contribution in [2.75, 3.05) is 24.5 Å². The van der Waals surface area contributed by atoms with Crippen molar-refractivity contribution < 1.29 is 14.2 Å². The fourth-order valence-corrected chi connectivity index (χ4v) is 2.95. The number of anilines is 1. The number of aromatic nitrogens is 2. The number of aromatic hydroxyl groups is 1. The first-order chi connectivity index (χ1) is 12.0. The van der Waals surface area contributed by atoms with E-state index in [0.717, 1.165) is 31.4 Å². The minimum Gasteiger partial charge on any atom is -0.508 e. The van der Waals surface area contributed by atoms with Gasteiger partial charge in [0.25, 0.3) is 5.88 Å². The second kappa shape index (κ2) is 7.65. The Hall–Kier alpha value is -2.41. The molecule has 0 bridgehead atoms. The van der Waals surface area contributed by atoms with E-state index < -0.39 is 5.82 Å². The molecule has 134 valence electrons. The first-order valence-corrected chi connectivity index (χ1v) is 8.47. The van der Waals surface area contributed by atoms with Crippen LogP contribution in [0.3, 0.4) is 0 Å². The van der Waals surface area contributed by atoms with E-state index in [1.165, 1.54) is 0 Å². The molecule has 1 aliphatic heterocycles. The fourth-order valence-electron chi connectivity index (χ4n) is 2.95. The Morgan fingerprint density at radius 1 is 1.48 bits per heavy atom. The molecule has 1 aromatic carbocycles. The van der Waals surface area contributed by atoms with E-state index in [1.807, 2.05) is 17.9 Å². The molecule has 2 atom stereocenters. The van der Waals surface area contributed by atoms with E-state index in [1.54, 1.807) is 18.2 Å². The number of piperazine rings is 1. The molecule has 25 heavy (non-hydrogen) atoms. The zero-order chi connectivity index (χ0) is 17.8. The SMILES string of the molecule is C[C@H](Cc1cccc(O)c1)Oc1nc(N2CCNC[C@H]2C)ncc1F. The van der Waals surface area contributed by atoms with Gasteiger partial charge in [-0.3, -0.25) is 0 Å². The molecule has 1 saturated heterocycles. The normalized spacial score (nSPS) is 18.8. The molecule has 2 heterocycles. The fraction of sp³-hybridized carbons (Fsp3) is 0.444. The molecule has 1 aliphatic rings. The Morgan fingerprint density at radius 2 is 2.32 bits per heavy atom. The van der Waals surface area contributed by atoms with Gasteiger partial charge in [0, 0.05) is 32.1 Å². The summed E-state index contributed by atoms with van der Waals surface area (Å²) in [6.45, 7) is 6.37. The zero-order valence-corrected chi connectivity index (χ0v) is 14.4. The molecule has 1 fully saturated rings. The minimum atomic E-state index is -0.575. The highest BCUT2D eigenvalue weighted by atomic mass is 19.1. The summed E-state index contributed by atoms with van der Waals surface area (Å²) in [6.07, 6.45) is 1.41. The van der Waals surface area contributed by atoms with Crippen molar-refractivity contribution in [2.24, 2.45) is 0 Å². The van der Waals surface area contributed by atoms with Crippen LogP contribution in [0.15, 0.2) is 30.5 Å². The smallest absolute Gasteiger partial charge is 0.255 e. The first-order valence-electron chi connectivity index (χ1n) is 8.47. The van der Waals surface area contributed by atoms with Gasteiger partial charge in [-0.1, -0.05) is 12.1 Å². The van der Waals surface area contributed by atoms with Gasteiger partial charge in [-0.15, -0.1) is 0 Å². The van der Waals surface area contributed by atoms with Crippen molar-refractivity contribution >= 4 is 5.95 Å². The minimum absolute atomic E-state index is 0.0385. The topological polar surface area (TPSA) is 70.5 Å². The summed E-state index contributed by atoms with van der Waals surface area (Å²) in [5.41, 5.74) is 0.915. The summed E-state index contributed by atoms with van der Waals surface area (Å²) in [5.74, 6) is 0.0699. The number of phenolic OH excluding ortho intramolecular Hbond substituents is 1. The molecular weight excluding hydrogens is 323 g/mol. The van der Waals surface area contributed by atoms with E-state index >= 15 is 0 Å². The number of hydrogen-bond acceptors (Lipinski definition) is 6. The highest BCUT2D eigenvalue weighted by molar-refractivity contribution is 5.35. The van der Waals surface area contributed by atoms with Gasteiger partial charge in [-0.2, -0.15) is 9.37 Å². The van der Waals surface area contributed by atoms with Crippen molar-refractivity contribution in [1.82, 2.24) is 15.3 Å². The molecule has 3 rings (SSSR count). The second-order valence-corrected chi connectivity index (χ2v) is 6.37. The lowest BCUT2D eigenvalue weighted by Crippen LogP contribution is -2.50. The third kappa shape index (κ3) is 4.36. The molecule has 1 aromatic heterocycles. The lowest BCUT2D eigenvalue weighted by atomic mass is 10.1. The van der Waals surface area contributed by atoms with E-state index in [0.29, 0.717) is 12.4 Å². The monoisotopic (exact) mass is 346 g/mol. The number of hydrogen-bond donors (Lipinski definition) is 2. The number of halogens is 1. The lowest BCUT2D eigenvalue weighted by Gasteiger charge is -2.34. The lowest BCUT2D eigenvalue weighted by molar-refractivity contribution is 0.202. The van der Waals surface area contributed by atoms with E-state index in [4.69, 9.17) is 4.74 Å². The van der Waals surface area contributed by atoms with Gasteiger partial charge in [0.1, 0.15) is 11.9 Å². The Balaban J connectivity index is 1.72. The van der Waals surface area contributed by atoms with Crippen molar-refractivity contribution in [3.63, 3.8) is 0 Å². The predicted molar refractivity (Wildman–Crippen MR) is 93.6 cm³/mol. The maximum absolute atomic E-state index is 14.1. The number of ether oxygens (including phenoxy) is 1. The Kier molecular flexibility index (Phi) is 5.33. The van der Waals surface area contributed by atoms with Crippen LogP contribution in [0, 0.1) is 5.82 Å². The van der Waals surface area contributed by atoms with Crippen LogP contribution in [0.2, 0.25) is 0 Å². The average molecular weight is 346 g/mol. The van der Waals surface area contributed by atoms with Gasteiger partial charge in [0.2, 0.25) is 11.8 Å². The highest BCUT2D eigenvalue weighted by Crippen LogP contribution is 2.21. The third-order valence-corrected chi connectivity index (χ3v) is 4.20. The molecule has 2 N–H and O–H groups in total. The van der Waals surface area contributed by atoms with Crippen molar-refractivity contribution in [3.8, 4) is 11.6 Å². The van der Waals surface area contributed by atoms with Gasteiger partial charge < -0.3 is 20.1 Å². The van der Waals surface area contributed by atoms with Crippen molar-refractivity contribution in [3.05, 3.63) is 41.8 Å². The molecule has 0 aliphatic carbocycles. The number of benzene rings is 1. The third-order valence-electron chi connectivity index (χ3n) is 4.20. The van der Waals surface area contributed by atoms with Crippen LogP contribution in [0.1, 0.15) is 19.4 Å². The summed E-state index contributed by atoms with van der Waals surface area (Å²) < 4.78 is 19.8. The van der Waals surface area contributed by atoms with Crippen LogP contribution in [0.5, 0.6) is 11.6 Å². The van der Waals surface area contributed by atoms with Crippen LogP contribution in [0.4, 0.5) is 10.3 Å². The molecule has 2 aromatic rings. The maximum atomic E-state index is 14.1. The van der Waals surface area contributed by atoms with E-state index in [9.17, 15) is 9.50 Å². The summed E-state index contributed by atoms with van der Waals surface area (Å²) in [4.78, 5) is 10.4. The largest absolute Gasteiger partial charge is 0.508 e. The number of phenols is 1. The standard InChI is InChI=1S/C18H23FN4O2/c1-12-10-20-6-7-23(12)18-21-11-16(19)17(22-18)25-13(2)8-14-4-3-5-15(24)9-14/h3-5,9,11-13,20,24H,6-8,10H2,1-2H3/t12-,13-/m1/s1. The van der Waals surface area contributed by atoms with Gasteiger partial charge in [-0.05, 0) is 31.5 Å². The van der Waals surface area contributed by atoms with Crippen LogP contribution in [0.25, 0.3) is 0 Å². The van der Waals surface area contributed by atoms with Gasteiger partial charge in [-0.25, -0.2) is 4.98 Å². The van der Waals surface area contributed by atoms with Gasteiger partial charge in [0.15, 0.2) is 0 Å². The second-order valence-electron chi connectivity index (χ2n) is 6.37. The quantitative estimate of drug-likeness (QED) is 0.864.